The first-order valence-electron chi connectivity index (χ1n) is 9.54. The highest BCUT2D eigenvalue weighted by Crippen LogP contribution is 2.32. The molecule has 0 radical (unpaired) electrons. The van der Waals surface area contributed by atoms with Gasteiger partial charge in [0.05, 0.1) is 16.7 Å². The van der Waals surface area contributed by atoms with Crippen molar-refractivity contribution in [3.63, 3.8) is 0 Å². The molecule has 3 aromatic rings. The largest absolute Gasteiger partial charge is 0.388 e. The van der Waals surface area contributed by atoms with E-state index in [1.807, 2.05) is 45.0 Å². The second kappa shape index (κ2) is 7.31. The smallest absolute Gasteiger partial charge is 0.155 e. The lowest BCUT2D eigenvalue weighted by Gasteiger charge is -2.43. The van der Waals surface area contributed by atoms with Crippen LogP contribution in [0.3, 0.4) is 0 Å². The van der Waals surface area contributed by atoms with E-state index in [1.165, 1.54) is 0 Å². The Bertz CT molecular complexity index is 986. The lowest BCUT2D eigenvalue weighted by Crippen LogP contribution is -2.62. The number of aliphatic hydroxyl groups is 1. The Morgan fingerprint density at radius 2 is 2.11 bits per heavy atom. The fourth-order valence-electron chi connectivity index (χ4n) is 3.56. The molecule has 148 valence electrons. The van der Waals surface area contributed by atoms with Gasteiger partial charge in [-0.15, -0.1) is 0 Å². The van der Waals surface area contributed by atoms with Crippen molar-refractivity contribution >= 4 is 28.5 Å². The molecule has 1 saturated heterocycles. The standard InChI is InChI=1S/C20H25ClN6O/c1-12(2)20(3,28)15-11-27(10-9-22-15)16-7-6-14(21)18(24-16)17-13-5-4-8-23-19(13)26-25-17/h4-8,12,15,22,28H,9-11H2,1-3H3,(H,23,25,26). The Kier molecular flexibility index (Phi) is 4.99. The van der Waals surface area contributed by atoms with E-state index >= 15 is 0 Å². The maximum Gasteiger partial charge on any atom is 0.155 e. The van der Waals surface area contributed by atoms with E-state index in [1.54, 1.807) is 6.20 Å². The van der Waals surface area contributed by atoms with Crippen LogP contribution in [-0.4, -0.2) is 56.5 Å². The lowest BCUT2D eigenvalue weighted by atomic mass is 9.84. The van der Waals surface area contributed by atoms with Gasteiger partial charge in [0.1, 0.15) is 17.2 Å². The number of hydrogen-bond acceptors (Lipinski definition) is 6. The molecule has 2 unspecified atom stereocenters. The SMILES string of the molecule is CC(C)C(C)(O)C1CN(c2ccc(Cl)c(-c3n[nH]c4ncccc34)n2)CCN1. The van der Waals surface area contributed by atoms with Crippen LogP contribution in [0, 0.1) is 5.92 Å². The summed E-state index contributed by atoms with van der Waals surface area (Å²) in [6.07, 6.45) is 1.72. The van der Waals surface area contributed by atoms with Crippen molar-refractivity contribution in [1.29, 1.82) is 0 Å². The summed E-state index contributed by atoms with van der Waals surface area (Å²) in [5, 5.41) is 23.1. The molecule has 1 aliphatic heterocycles. The van der Waals surface area contributed by atoms with Gasteiger partial charge in [0.15, 0.2) is 5.65 Å². The molecule has 3 aromatic heterocycles. The number of H-pyrrole nitrogens is 1. The predicted molar refractivity (Wildman–Crippen MR) is 112 cm³/mol. The number of nitrogens with zero attached hydrogens (tertiary/aromatic N) is 4. The van der Waals surface area contributed by atoms with E-state index < -0.39 is 5.60 Å². The molecule has 0 amide bonds. The number of pyridine rings is 2. The van der Waals surface area contributed by atoms with Gasteiger partial charge in [0.25, 0.3) is 0 Å². The number of rotatable bonds is 4. The van der Waals surface area contributed by atoms with Gasteiger partial charge in [0.2, 0.25) is 0 Å². The maximum atomic E-state index is 10.9. The summed E-state index contributed by atoms with van der Waals surface area (Å²) in [7, 11) is 0. The van der Waals surface area contributed by atoms with Crippen LogP contribution < -0.4 is 10.2 Å². The highest BCUT2D eigenvalue weighted by Gasteiger charge is 2.38. The summed E-state index contributed by atoms with van der Waals surface area (Å²) < 4.78 is 0. The predicted octanol–water partition coefficient (Wildman–Crippen LogP) is 2.86. The van der Waals surface area contributed by atoms with E-state index in [0.717, 1.165) is 24.3 Å². The van der Waals surface area contributed by atoms with Crippen molar-refractivity contribution in [3.05, 3.63) is 35.5 Å². The lowest BCUT2D eigenvalue weighted by molar-refractivity contribution is -0.0231. The third-order valence-corrected chi connectivity index (χ3v) is 6.07. The zero-order valence-corrected chi connectivity index (χ0v) is 17.0. The summed E-state index contributed by atoms with van der Waals surface area (Å²) in [5.74, 6) is 0.965. The van der Waals surface area contributed by atoms with Crippen LogP contribution in [0.15, 0.2) is 30.5 Å². The van der Waals surface area contributed by atoms with Crippen LogP contribution in [0.1, 0.15) is 20.8 Å². The zero-order valence-electron chi connectivity index (χ0n) is 16.3. The number of halogens is 1. The number of aromatic nitrogens is 4. The molecule has 4 rings (SSSR count). The summed E-state index contributed by atoms with van der Waals surface area (Å²) in [4.78, 5) is 11.3. The van der Waals surface area contributed by atoms with Crippen molar-refractivity contribution in [2.45, 2.75) is 32.4 Å². The summed E-state index contributed by atoms with van der Waals surface area (Å²) >= 11 is 6.46. The van der Waals surface area contributed by atoms with Gasteiger partial charge in [-0.1, -0.05) is 25.4 Å². The van der Waals surface area contributed by atoms with Crippen LogP contribution >= 0.6 is 11.6 Å². The fraction of sp³-hybridized carbons (Fsp3) is 0.450. The molecule has 0 saturated carbocycles. The molecule has 28 heavy (non-hydrogen) atoms. The van der Waals surface area contributed by atoms with Crippen molar-refractivity contribution in [1.82, 2.24) is 25.5 Å². The molecule has 0 aliphatic carbocycles. The number of anilines is 1. The quantitative estimate of drug-likeness (QED) is 0.624. The second-order valence-corrected chi connectivity index (χ2v) is 8.21. The zero-order chi connectivity index (χ0) is 19.9. The number of aromatic amines is 1. The summed E-state index contributed by atoms with van der Waals surface area (Å²) in [6, 6.07) is 7.55. The fourth-order valence-corrected chi connectivity index (χ4v) is 3.76. The molecule has 8 heteroatoms. The van der Waals surface area contributed by atoms with Crippen LogP contribution in [0.5, 0.6) is 0 Å². The van der Waals surface area contributed by atoms with Gasteiger partial charge in [-0.05, 0) is 37.1 Å². The molecule has 1 fully saturated rings. The Morgan fingerprint density at radius 3 is 2.89 bits per heavy atom. The van der Waals surface area contributed by atoms with Crippen molar-refractivity contribution in [3.8, 4) is 11.4 Å². The van der Waals surface area contributed by atoms with Crippen molar-refractivity contribution < 1.29 is 5.11 Å². The van der Waals surface area contributed by atoms with E-state index in [2.05, 4.69) is 25.4 Å². The first kappa shape index (κ1) is 19.1. The van der Waals surface area contributed by atoms with Gasteiger partial charge in [-0.3, -0.25) is 5.10 Å². The maximum absolute atomic E-state index is 10.9. The van der Waals surface area contributed by atoms with E-state index in [9.17, 15) is 5.11 Å². The Balaban J connectivity index is 1.67. The molecular formula is C20H25ClN6O. The number of hydrogen-bond donors (Lipinski definition) is 3. The van der Waals surface area contributed by atoms with Gasteiger partial charge < -0.3 is 15.3 Å². The number of fused-ring (bicyclic) bond motifs is 1. The Hall–Kier alpha value is -2.22. The average Bonchev–Trinajstić information content (AvgIpc) is 3.12. The van der Waals surface area contributed by atoms with Crippen molar-refractivity contribution in [2.24, 2.45) is 5.92 Å². The molecule has 4 heterocycles. The van der Waals surface area contributed by atoms with E-state index in [0.29, 0.717) is 28.6 Å². The summed E-state index contributed by atoms with van der Waals surface area (Å²) in [6.45, 7) is 8.22. The van der Waals surface area contributed by atoms with Crippen LogP contribution in [0.4, 0.5) is 5.82 Å². The first-order chi connectivity index (χ1) is 13.4. The average molecular weight is 401 g/mol. The Labute approximate surface area is 169 Å². The van der Waals surface area contributed by atoms with Crippen LogP contribution in [0.25, 0.3) is 22.4 Å². The third kappa shape index (κ3) is 3.34. The van der Waals surface area contributed by atoms with Gasteiger partial charge in [-0.2, -0.15) is 5.10 Å². The monoisotopic (exact) mass is 400 g/mol. The minimum absolute atomic E-state index is 0.0439. The highest BCUT2D eigenvalue weighted by molar-refractivity contribution is 6.33. The first-order valence-corrected chi connectivity index (χ1v) is 9.92. The molecule has 0 bridgehead atoms. The van der Waals surface area contributed by atoms with Gasteiger partial charge in [-0.25, -0.2) is 9.97 Å². The molecule has 0 aromatic carbocycles. The van der Waals surface area contributed by atoms with Crippen molar-refractivity contribution in [2.75, 3.05) is 24.5 Å². The molecule has 1 aliphatic rings. The van der Waals surface area contributed by atoms with Gasteiger partial charge in [0, 0.05) is 31.2 Å². The topological polar surface area (TPSA) is 90.0 Å². The minimum atomic E-state index is -0.808. The molecule has 3 N–H and O–H groups in total. The third-order valence-electron chi connectivity index (χ3n) is 5.77. The molecule has 7 nitrogen and oxygen atoms in total. The molecular weight excluding hydrogens is 376 g/mol. The molecule has 0 spiro atoms. The van der Waals surface area contributed by atoms with Crippen LogP contribution in [0.2, 0.25) is 5.02 Å². The number of piperazine rings is 1. The summed E-state index contributed by atoms with van der Waals surface area (Å²) in [5.41, 5.74) is 1.22. The van der Waals surface area contributed by atoms with E-state index in [-0.39, 0.29) is 12.0 Å². The number of nitrogens with one attached hydrogen (secondary N) is 2. The Morgan fingerprint density at radius 1 is 1.29 bits per heavy atom. The second-order valence-electron chi connectivity index (χ2n) is 7.80. The molecule has 2 atom stereocenters. The van der Waals surface area contributed by atoms with E-state index in [4.69, 9.17) is 16.6 Å². The van der Waals surface area contributed by atoms with Crippen LogP contribution in [-0.2, 0) is 0 Å². The highest BCUT2D eigenvalue weighted by atomic mass is 35.5. The normalized spacial score (nSPS) is 19.9. The van der Waals surface area contributed by atoms with Gasteiger partial charge >= 0.3 is 0 Å². The minimum Gasteiger partial charge on any atom is -0.388 e.